The number of carbonyl (C=O) groups is 3. The van der Waals surface area contributed by atoms with Crippen molar-refractivity contribution in [3.05, 3.63) is 78.5 Å². The van der Waals surface area contributed by atoms with Gasteiger partial charge < -0.3 is 35.3 Å². The van der Waals surface area contributed by atoms with Crippen molar-refractivity contribution >= 4 is 52.7 Å². The van der Waals surface area contributed by atoms with Crippen LogP contribution in [0.5, 0.6) is 23.0 Å². The molecular weight excluding hydrogens is 646 g/mol. The fraction of sp³-hybridized carbons (Fsp3) is 0.294. The first-order chi connectivity index (χ1) is 23.1. The summed E-state index contributed by atoms with van der Waals surface area (Å²) in [5.41, 5.74) is -0.300. The number of hydrogen-bond donors (Lipinski definition) is 5. The van der Waals surface area contributed by atoms with Gasteiger partial charge in [-0.2, -0.15) is 12.6 Å². The molecule has 1 saturated carbocycles. The molecule has 11 nitrogen and oxygen atoms in total. The molecule has 0 saturated heterocycles. The molecule has 1 aromatic heterocycles. The molecule has 0 radical (unpaired) electrons. The van der Waals surface area contributed by atoms with Gasteiger partial charge in [-0.1, -0.05) is 0 Å². The molecule has 1 unspecified atom stereocenters. The summed E-state index contributed by atoms with van der Waals surface area (Å²) in [6.07, 6.45) is 3.09. The van der Waals surface area contributed by atoms with Crippen LogP contribution in [0, 0.1) is 17.0 Å². The smallest absolute Gasteiger partial charge is 0.320 e. The van der Waals surface area contributed by atoms with Crippen LogP contribution in [0.15, 0.2) is 66.9 Å². The van der Waals surface area contributed by atoms with Crippen molar-refractivity contribution in [1.82, 2.24) is 10.3 Å². The first-order valence-corrected chi connectivity index (χ1v) is 15.8. The van der Waals surface area contributed by atoms with Crippen LogP contribution in [-0.4, -0.2) is 59.9 Å². The van der Waals surface area contributed by atoms with Crippen LogP contribution < -0.4 is 30.2 Å². The summed E-state index contributed by atoms with van der Waals surface area (Å²) < 4.78 is 45.8. The quantitative estimate of drug-likeness (QED) is 0.0563. The number of amides is 2. The molecule has 1 heterocycles. The second-order valence-electron chi connectivity index (χ2n) is 11.1. The largest absolute Gasteiger partial charge is 0.493 e. The van der Waals surface area contributed by atoms with Crippen molar-refractivity contribution in [2.45, 2.75) is 31.7 Å². The predicted octanol–water partition coefficient (Wildman–Crippen LogP) is 5.80. The van der Waals surface area contributed by atoms with E-state index in [9.17, 15) is 23.9 Å². The van der Waals surface area contributed by atoms with E-state index in [1.165, 1.54) is 49.7 Å². The Morgan fingerprint density at radius 1 is 0.938 bits per heavy atom. The zero-order chi connectivity index (χ0) is 34.3. The molecule has 0 aliphatic heterocycles. The maximum absolute atomic E-state index is 15.2. The Bertz CT molecular complexity index is 1800. The summed E-state index contributed by atoms with van der Waals surface area (Å²) in [7, 11) is 1.48. The first-order valence-electron chi connectivity index (χ1n) is 15.2. The minimum atomic E-state index is -1.30. The highest BCUT2D eigenvalue weighted by atomic mass is 32.1. The third-order valence-electron chi connectivity index (χ3n) is 7.80. The molecule has 2 amide bonds. The van der Waals surface area contributed by atoms with Crippen LogP contribution in [0.3, 0.4) is 0 Å². The molecule has 1 aliphatic carbocycles. The van der Waals surface area contributed by atoms with Gasteiger partial charge in [-0.05, 0) is 86.5 Å². The number of aliphatic carboxylic acids is 1. The second-order valence-corrected chi connectivity index (χ2v) is 11.6. The molecule has 48 heavy (non-hydrogen) atoms. The number of hydrogen-bond acceptors (Lipinski definition) is 9. The number of ether oxygens (including phenoxy) is 3. The van der Waals surface area contributed by atoms with Gasteiger partial charge in [0.2, 0.25) is 11.8 Å². The molecule has 0 bridgehead atoms. The lowest BCUT2D eigenvalue weighted by Crippen LogP contribution is -2.38. The monoisotopic (exact) mass is 680 g/mol. The maximum Gasteiger partial charge on any atom is 0.320 e. The summed E-state index contributed by atoms with van der Waals surface area (Å²) in [6.45, 7) is 0.713. The highest BCUT2D eigenvalue weighted by Gasteiger charge is 2.56. The van der Waals surface area contributed by atoms with Crippen molar-refractivity contribution in [1.29, 1.82) is 0 Å². The molecule has 4 N–H and O–H groups in total. The number of benzene rings is 3. The Labute approximate surface area is 280 Å². The van der Waals surface area contributed by atoms with Crippen molar-refractivity contribution in [2.24, 2.45) is 5.41 Å². The standard InChI is InChI=1S/C34H34F2N4O7S/c1-45-29-18-23-26(19-30(29)46-15-2-13-37-25(10-16-48)31(41)42)38-14-9-27(23)47-28-8-7-22(17-24(28)36)40-33(44)34(11-12-34)32(43)39-21-5-3-20(35)4-6-21/h3-9,14,17-19,25,37,48H,2,10-13,15-16H2,1H3,(H,39,43)(H,40,44)(H,41,42). The van der Waals surface area contributed by atoms with E-state index in [1.807, 2.05) is 0 Å². The highest BCUT2D eigenvalue weighted by molar-refractivity contribution is 7.80. The number of halogens is 2. The van der Waals surface area contributed by atoms with E-state index in [4.69, 9.17) is 14.2 Å². The summed E-state index contributed by atoms with van der Waals surface area (Å²) in [5.74, 6) is -1.78. The second kappa shape index (κ2) is 15.3. The lowest BCUT2D eigenvalue weighted by molar-refractivity contribution is -0.139. The highest BCUT2D eigenvalue weighted by Crippen LogP contribution is 2.47. The van der Waals surface area contributed by atoms with Crippen molar-refractivity contribution in [2.75, 3.05) is 36.6 Å². The van der Waals surface area contributed by atoms with Gasteiger partial charge in [-0.25, -0.2) is 8.78 Å². The van der Waals surface area contributed by atoms with E-state index in [1.54, 1.807) is 18.2 Å². The molecule has 0 spiro atoms. The number of carbonyl (C=O) groups excluding carboxylic acids is 2. The topological polar surface area (TPSA) is 148 Å². The Hall–Kier alpha value is -4.95. The number of methoxy groups -OCH3 is 1. The average molecular weight is 681 g/mol. The van der Waals surface area contributed by atoms with Gasteiger partial charge in [0, 0.05) is 35.1 Å². The van der Waals surface area contributed by atoms with Crippen LogP contribution in [0.2, 0.25) is 0 Å². The molecular formula is C34H34F2N4O7S. The minimum Gasteiger partial charge on any atom is -0.493 e. The summed E-state index contributed by atoms with van der Waals surface area (Å²) >= 11 is 4.09. The molecule has 3 aromatic carbocycles. The van der Waals surface area contributed by atoms with Crippen molar-refractivity contribution in [3.63, 3.8) is 0 Å². The Morgan fingerprint density at radius 2 is 1.65 bits per heavy atom. The zero-order valence-electron chi connectivity index (χ0n) is 25.9. The number of carboxylic acids is 1. The molecule has 4 aromatic rings. The number of anilines is 2. The predicted molar refractivity (Wildman–Crippen MR) is 178 cm³/mol. The lowest BCUT2D eigenvalue weighted by Gasteiger charge is -2.16. The van der Waals surface area contributed by atoms with Crippen molar-refractivity contribution < 1.29 is 42.5 Å². The zero-order valence-corrected chi connectivity index (χ0v) is 26.8. The summed E-state index contributed by atoms with van der Waals surface area (Å²) in [4.78, 5) is 41.6. The van der Waals surface area contributed by atoms with Crippen LogP contribution in [-0.2, 0) is 14.4 Å². The van der Waals surface area contributed by atoms with E-state index in [0.29, 0.717) is 71.8 Å². The SMILES string of the molecule is COc1cc2c(Oc3ccc(NC(=O)C4(C(=O)Nc5ccc(F)cc5)CC4)cc3F)ccnc2cc1OCCCNC(CCS)C(=O)O. The van der Waals surface area contributed by atoms with E-state index in [-0.39, 0.29) is 18.0 Å². The Morgan fingerprint density at radius 3 is 2.29 bits per heavy atom. The number of aromatic nitrogens is 1. The van der Waals surface area contributed by atoms with Crippen molar-refractivity contribution in [3.8, 4) is 23.0 Å². The third-order valence-corrected chi connectivity index (χ3v) is 8.06. The number of thiol groups is 1. The maximum atomic E-state index is 15.2. The minimum absolute atomic E-state index is 0.111. The normalized spacial score (nSPS) is 13.8. The Kier molecular flexibility index (Phi) is 11.0. The average Bonchev–Trinajstić information content (AvgIpc) is 3.89. The third kappa shape index (κ3) is 8.12. The van der Waals surface area contributed by atoms with Gasteiger partial charge in [-0.3, -0.25) is 19.4 Å². The van der Waals surface area contributed by atoms with Gasteiger partial charge in [0.25, 0.3) is 0 Å². The summed E-state index contributed by atoms with van der Waals surface area (Å²) in [6, 6.07) is 13.4. The number of rotatable bonds is 16. The van der Waals surface area contributed by atoms with E-state index >= 15 is 4.39 Å². The number of nitrogens with one attached hydrogen (secondary N) is 3. The number of pyridine rings is 1. The lowest BCUT2D eigenvalue weighted by atomic mass is 10.0. The fourth-order valence-corrected chi connectivity index (χ4v) is 5.22. The van der Waals surface area contributed by atoms with Gasteiger partial charge >= 0.3 is 5.97 Å². The fourth-order valence-electron chi connectivity index (χ4n) is 4.96. The Balaban J connectivity index is 1.22. The van der Waals surface area contributed by atoms with Crippen LogP contribution in [0.4, 0.5) is 20.2 Å². The van der Waals surface area contributed by atoms with E-state index in [2.05, 4.69) is 33.6 Å². The number of fused-ring (bicyclic) bond motifs is 1. The molecule has 1 atom stereocenters. The van der Waals surface area contributed by atoms with Gasteiger partial charge in [0.1, 0.15) is 23.0 Å². The summed E-state index contributed by atoms with van der Waals surface area (Å²) in [5, 5.41) is 18.0. The molecule has 1 fully saturated rings. The molecule has 5 rings (SSSR count). The molecule has 1 aliphatic rings. The number of nitrogens with zero attached hydrogens (tertiary/aromatic N) is 1. The first kappa shape index (κ1) is 34.4. The molecule has 14 heteroatoms. The van der Waals surface area contributed by atoms with Crippen LogP contribution in [0.25, 0.3) is 10.9 Å². The van der Waals surface area contributed by atoms with Gasteiger partial charge in [0.15, 0.2) is 23.1 Å². The van der Waals surface area contributed by atoms with Crippen LogP contribution >= 0.6 is 12.6 Å². The van der Waals surface area contributed by atoms with E-state index in [0.717, 1.165) is 6.07 Å². The van der Waals surface area contributed by atoms with E-state index < -0.39 is 40.9 Å². The molecule has 252 valence electrons. The van der Waals surface area contributed by atoms with Gasteiger partial charge in [-0.15, -0.1) is 0 Å². The number of carboxylic acid groups (broad SMARTS) is 1. The van der Waals surface area contributed by atoms with Gasteiger partial charge in [0.05, 0.1) is 19.2 Å². The van der Waals surface area contributed by atoms with Crippen LogP contribution in [0.1, 0.15) is 25.7 Å².